The second-order valence-corrected chi connectivity index (χ2v) is 23.4. The number of amides is 4. The van der Waals surface area contributed by atoms with Crippen LogP contribution in [0.2, 0.25) is 5.02 Å². The van der Waals surface area contributed by atoms with Crippen molar-refractivity contribution < 1.29 is 56.4 Å². The van der Waals surface area contributed by atoms with Gasteiger partial charge in [0.2, 0.25) is 11.8 Å². The highest BCUT2D eigenvalue weighted by Crippen LogP contribution is 2.53. The molecule has 3 aromatic rings. The highest BCUT2D eigenvalue weighted by Gasteiger charge is 2.62. The molecule has 0 unspecified atom stereocenters. The van der Waals surface area contributed by atoms with Gasteiger partial charge in [-0.1, -0.05) is 45.7 Å². The number of ether oxygens (including phenoxy) is 5. The molecule has 4 heterocycles. The van der Waals surface area contributed by atoms with Crippen molar-refractivity contribution in [1.29, 1.82) is 0 Å². The fraction of sp³-hybridized carbons (Fsp3) is 0.660. The largest absolute Gasteiger partial charge is 0.490 e. The first-order valence-electron chi connectivity index (χ1n) is 24.5. The van der Waals surface area contributed by atoms with E-state index in [-0.39, 0.29) is 59.7 Å². The van der Waals surface area contributed by atoms with E-state index >= 15 is 0 Å². The Morgan fingerprint density at radius 2 is 1.66 bits per heavy atom. The number of thiazole rings is 1. The number of likely N-dealkylation sites (tertiary alicyclic amines) is 2. The third-order valence-corrected chi connectivity index (χ3v) is 15.1. The monoisotopic (exact) mass is 1030 g/mol. The Hall–Kier alpha value is -5.24. The smallest absolute Gasteiger partial charge is 0.410 e. The fourth-order valence-corrected chi connectivity index (χ4v) is 11.3. The molecule has 388 valence electrons. The summed E-state index contributed by atoms with van der Waals surface area (Å²) in [6, 6.07) is 1.70. The van der Waals surface area contributed by atoms with Gasteiger partial charge in [0.25, 0.3) is 5.92 Å². The number of carbonyl (C=O) groups is 5. The molecular formula is C50H66ClF2N7O10S. The predicted octanol–water partition coefficient (Wildman–Crippen LogP) is 8.60. The number of nitrogens with zero attached hydrogens (tertiary/aromatic N) is 4. The van der Waals surface area contributed by atoms with E-state index in [4.69, 9.17) is 45.3 Å². The average Bonchev–Trinajstić information content (AvgIpc) is 3.82. The molecule has 8 rings (SSSR count). The number of carbonyl (C=O) groups excluding carboxylic acids is 5. The normalized spacial score (nSPS) is 26.9. The van der Waals surface area contributed by atoms with Crippen molar-refractivity contribution in [3.05, 3.63) is 28.6 Å². The number of hydrogen-bond donors (Lipinski definition) is 3. The van der Waals surface area contributed by atoms with Gasteiger partial charge < -0.3 is 44.5 Å². The number of pyridine rings is 1. The molecule has 2 saturated heterocycles. The van der Waals surface area contributed by atoms with E-state index in [0.717, 1.165) is 24.2 Å². The maximum Gasteiger partial charge on any atom is 0.410 e. The van der Waals surface area contributed by atoms with Gasteiger partial charge in [0, 0.05) is 35.7 Å². The van der Waals surface area contributed by atoms with Gasteiger partial charge in [0.05, 0.1) is 37.5 Å². The van der Waals surface area contributed by atoms with Crippen LogP contribution < -0.4 is 25.4 Å². The number of halogens is 3. The lowest BCUT2D eigenvalue weighted by molar-refractivity contribution is -0.148. The molecule has 1 aromatic carbocycles. The Morgan fingerprint density at radius 3 is 2.30 bits per heavy atom. The van der Waals surface area contributed by atoms with E-state index in [9.17, 15) is 32.8 Å². The van der Waals surface area contributed by atoms with E-state index in [1.54, 1.807) is 39.0 Å². The first-order valence-corrected chi connectivity index (χ1v) is 25.7. The van der Waals surface area contributed by atoms with Crippen LogP contribution in [0.25, 0.3) is 22.3 Å². The zero-order chi connectivity index (χ0) is 51.5. The maximum absolute atomic E-state index is 15.0. The molecule has 2 aromatic heterocycles. The molecule has 0 spiro atoms. The average molecular weight is 1030 g/mol. The Bertz CT molecular complexity index is 2540. The number of aromatic nitrogens is 2. The number of anilines is 1. The summed E-state index contributed by atoms with van der Waals surface area (Å²) in [6.07, 6.45) is 0.411. The van der Waals surface area contributed by atoms with E-state index in [1.165, 1.54) is 23.3 Å². The quantitative estimate of drug-likeness (QED) is 0.0967. The van der Waals surface area contributed by atoms with Crippen molar-refractivity contribution in [2.45, 2.75) is 161 Å². The van der Waals surface area contributed by atoms with Gasteiger partial charge in [0.1, 0.15) is 64.3 Å². The van der Waals surface area contributed by atoms with Crippen LogP contribution in [0.1, 0.15) is 107 Å². The maximum atomic E-state index is 15.0. The molecule has 17 nitrogen and oxygen atoms in total. The molecule has 9 atom stereocenters. The first kappa shape index (κ1) is 52.1. The van der Waals surface area contributed by atoms with Crippen molar-refractivity contribution >= 4 is 68.9 Å². The number of fused-ring (bicyclic) bond motifs is 2. The summed E-state index contributed by atoms with van der Waals surface area (Å²) in [7, 11) is 1.27. The van der Waals surface area contributed by atoms with Crippen molar-refractivity contribution in [3.63, 3.8) is 0 Å². The Labute approximate surface area is 421 Å². The summed E-state index contributed by atoms with van der Waals surface area (Å²) in [5.41, 5.74) is -1.93. The third kappa shape index (κ3) is 11.5. The van der Waals surface area contributed by atoms with Crippen molar-refractivity contribution in [1.82, 2.24) is 30.4 Å². The Morgan fingerprint density at radius 1 is 0.944 bits per heavy atom. The standard InChI is InChI=1S/C50H66ClF2N7O10S/c1-11-28-19-50(28,43(63)66-10)58-41(61)35-17-31(21-59(35)42(62)40(47(4,5)6)57-45(64)69-30-15-26-14-27(26)16-30)68-37-18-33(34-23-71-44(56-34)54-25(2)3)55-39-32(37)12-13-36(38(39)51)67-22-29-20-49(52,53)24-60(29)46(65)70-48(7,8)9/h12-13,18,23,25-31,35,40H,11,14-17,19-22,24H2,1-10H3,(H,54,56)(H,57,64)(H,58,61)/t26-,27+,28-,29+,30+,31-,35+,40-,50-/m1/s1. The van der Waals surface area contributed by atoms with Crippen molar-refractivity contribution in [3.8, 4) is 22.9 Å². The van der Waals surface area contributed by atoms with Gasteiger partial charge in [-0.25, -0.2) is 33.1 Å². The Balaban J connectivity index is 1.11. The predicted molar refractivity (Wildman–Crippen MR) is 262 cm³/mol. The molecule has 2 aliphatic heterocycles. The van der Waals surface area contributed by atoms with Gasteiger partial charge in [-0.3, -0.25) is 14.5 Å². The number of methoxy groups -OCH3 is 1. The minimum absolute atomic E-state index is 0.00875. The zero-order valence-corrected chi connectivity index (χ0v) is 43.6. The molecule has 0 radical (unpaired) electrons. The van der Waals surface area contributed by atoms with Crippen LogP contribution in [0, 0.1) is 23.2 Å². The summed E-state index contributed by atoms with van der Waals surface area (Å²) in [4.78, 5) is 81.2. The first-order chi connectivity index (χ1) is 33.3. The van der Waals surface area contributed by atoms with Crippen molar-refractivity contribution in [2.75, 3.05) is 32.1 Å². The van der Waals surface area contributed by atoms with Crippen LogP contribution in [-0.2, 0) is 28.6 Å². The highest BCUT2D eigenvalue weighted by atomic mass is 35.5. The van der Waals surface area contributed by atoms with Crippen LogP contribution in [-0.4, -0.2) is 130 Å². The van der Waals surface area contributed by atoms with Gasteiger partial charge in [-0.05, 0) is 95.6 Å². The van der Waals surface area contributed by atoms with E-state index in [1.807, 2.05) is 46.9 Å². The van der Waals surface area contributed by atoms with Gasteiger partial charge in [-0.15, -0.1) is 11.3 Å². The topological polar surface area (TPSA) is 200 Å². The number of nitrogens with one attached hydrogen (secondary N) is 3. The molecule has 3 aliphatic carbocycles. The third-order valence-electron chi connectivity index (χ3n) is 13.9. The van der Waals surface area contributed by atoms with Crippen LogP contribution >= 0.6 is 22.9 Å². The van der Waals surface area contributed by atoms with Crippen LogP contribution in [0.15, 0.2) is 23.6 Å². The number of alkyl carbamates (subject to hydrolysis) is 1. The summed E-state index contributed by atoms with van der Waals surface area (Å²) in [6.45, 7) is 15.0. The minimum Gasteiger partial charge on any atom is -0.490 e. The Kier molecular flexibility index (Phi) is 14.4. The molecule has 3 N–H and O–H groups in total. The second kappa shape index (κ2) is 19.6. The fourth-order valence-electron chi connectivity index (χ4n) is 10.2. The number of rotatable bonds is 15. The lowest BCUT2D eigenvalue weighted by Crippen LogP contribution is -2.59. The van der Waals surface area contributed by atoms with E-state index < -0.39 is 89.6 Å². The van der Waals surface area contributed by atoms with Gasteiger partial charge in [-0.2, -0.15) is 0 Å². The number of esters is 1. The highest BCUT2D eigenvalue weighted by molar-refractivity contribution is 7.14. The lowest BCUT2D eigenvalue weighted by Gasteiger charge is -2.35. The van der Waals surface area contributed by atoms with Gasteiger partial charge >= 0.3 is 18.2 Å². The molecule has 0 bridgehead atoms. The molecular weight excluding hydrogens is 964 g/mol. The molecule has 5 fully saturated rings. The molecule has 3 saturated carbocycles. The van der Waals surface area contributed by atoms with E-state index in [2.05, 4.69) is 16.0 Å². The summed E-state index contributed by atoms with van der Waals surface area (Å²) in [5.74, 6) is -3.49. The molecule has 5 aliphatic rings. The SMILES string of the molecule is CC[C@@H]1C[C@]1(NC(=O)[C@@H]1C[C@@H](Oc2cc(-c3csc(NC(C)C)n3)nc3c(Cl)c(OC[C@@H]4CC(F)(F)CN4C(=O)OC(C)(C)C)ccc23)CN1C(=O)[C@@H](NC(=O)O[C@@H]1C[C@@H]2C[C@@H]2C1)C(C)(C)C)C(=O)OC. The van der Waals surface area contributed by atoms with Crippen molar-refractivity contribution in [2.24, 2.45) is 23.2 Å². The minimum atomic E-state index is -3.17. The number of benzene rings is 1. The lowest BCUT2D eigenvalue weighted by atomic mass is 9.85. The van der Waals surface area contributed by atoms with E-state index in [0.29, 0.717) is 46.6 Å². The summed E-state index contributed by atoms with van der Waals surface area (Å²) >= 11 is 8.48. The summed E-state index contributed by atoms with van der Waals surface area (Å²) < 4.78 is 58.9. The van der Waals surface area contributed by atoms with Crippen LogP contribution in [0.4, 0.5) is 23.5 Å². The summed E-state index contributed by atoms with van der Waals surface area (Å²) in [5, 5.41) is 12.0. The number of hydrogen-bond acceptors (Lipinski definition) is 14. The van der Waals surface area contributed by atoms with Crippen LogP contribution in [0.5, 0.6) is 11.5 Å². The molecule has 4 amide bonds. The molecule has 71 heavy (non-hydrogen) atoms. The second-order valence-electron chi connectivity index (χ2n) is 22.2. The zero-order valence-electron chi connectivity index (χ0n) is 42.0. The molecule has 21 heteroatoms. The van der Waals surface area contributed by atoms with Gasteiger partial charge in [0.15, 0.2) is 5.13 Å². The van der Waals surface area contributed by atoms with Crippen LogP contribution in [0.3, 0.4) is 0 Å². The number of alkyl halides is 2.